The summed E-state index contributed by atoms with van der Waals surface area (Å²) in [6, 6.07) is 8.44. The van der Waals surface area contributed by atoms with E-state index in [0.717, 1.165) is 71.0 Å². The van der Waals surface area contributed by atoms with Crippen molar-refractivity contribution in [1.82, 2.24) is 24.8 Å². The van der Waals surface area contributed by atoms with Crippen LogP contribution < -0.4 is 4.90 Å². The Labute approximate surface area is 226 Å². The fourth-order valence-corrected chi connectivity index (χ4v) is 6.10. The highest BCUT2D eigenvalue weighted by molar-refractivity contribution is 7.17. The summed E-state index contributed by atoms with van der Waals surface area (Å²) in [5, 5.41) is 3.39. The Morgan fingerprint density at radius 3 is 2.63 bits per heavy atom. The maximum absolute atomic E-state index is 12.5. The van der Waals surface area contributed by atoms with Crippen LogP contribution in [0.3, 0.4) is 0 Å². The highest BCUT2D eigenvalue weighted by Crippen LogP contribution is 2.38. The van der Waals surface area contributed by atoms with E-state index >= 15 is 0 Å². The average Bonchev–Trinajstić information content (AvgIpc) is 3.55. The van der Waals surface area contributed by atoms with Crippen molar-refractivity contribution >= 4 is 44.5 Å². The molecule has 5 heterocycles. The number of nitrogens with one attached hydrogen (secondary N) is 1. The van der Waals surface area contributed by atoms with Crippen LogP contribution in [0.5, 0.6) is 0 Å². The molecule has 1 N–H and O–H groups in total. The molecule has 0 bridgehead atoms. The number of benzene rings is 1. The number of thiophene rings is 1. The van der Waals surface area contributed by atoms with Crippen LogP contribution in [0.15, 0.2) is 35.8 Å². The summed E-state index contributed by atoms with van der Waals surface area (Å²) in [4.78, 5) is 32.5. The SMILES string of the molecule is CC(C)(C)OC(=O)N1CCN(Cc2csc3c(-c4cccc5[nH]ccc45)nc(N4CCOCC4)nc23)CC1. The van der Waals surface area contributed by atoms with E-state index in [0.29, 0.717) is 26.3 Å². The Morgan fingerprint density at radius 2 is 1.87 bits per heavy atom. The molecule has 3 aromatic heterocycles. The number of aromatic amines is 1. The van der Waals surface area contributed by atoms with E-state index < -0.39 is 5.60 Å². The van der Waals surface area contributed by atoms with Gasteiger partial charge in [0.2, 0.25) is 5.95 Å². The standard InChI is InChI=1S/C28H34N6O3S/c1-28(2,3)37-27(35)34-11-9-32(10-12-34)17-19-18-38-25-23(19)30-26(33-13-15-36-16-14-33)31-24(25)21-5-4-6-22-20(21)7-8-29-22/h4-8,18,29H,9-17H2,1-3H3. The lowest BCUT2D eigenvalue weighted by Crippen LogP contribution is -2.49. The number of piperazine rings is 1. The van der Waals surface area contributed by atoms with Crippen LogP contribution in [-0.2, 0) is 16.0 Å². The molecule has 0 saturated carbocycles. The molecule has 10 heteroatoms. The molecule has 2 aliphatic heterocycles. The number of ether oxygens (including phenoxy) is 2. The van der Waals surface area contributed by atoms with Gasteiger partial charge in [0, 0.05) is 74.0 Å². The Morgan fingerprint density at radius 1 is 1.08 bits per heavy atom. The molecule has 200 valence electrons. The van der Waals surface area contributed by atoms with Gasteiger partial charge in [0.25, 0.3) is 0 Å². The molecule has 0 atom stereocenters. The van der Waals surface area contributed by atoms with Gasteiger partial charge in [-0.15, -0.1) is 11.3 Å². The molecule has 0 radical (unpaired) electrons. The molecule has 1 amide bonds. The summed E-state index contributed by atoms with van der Waals surface area (Å²) in [6.45, 7) is 12.3. The number of hydrogen-bond acceptors (Lipinski definition) is 8. The molecule has 2 aliphatic rings. The van der Waals surface area contributed by atoms with Gasteiger partial charge < -0.3 is 24.3 Å². The molecule has 2 saturated heterocycles. The van der Waals surface area contributed by atoms with Gasteiger partial charge in [0.15, 0.2) is 0 Å². The van der Waals surface area contributed by atoms with Gasteiger partial charge in [-0.1, -0.05) is 12.1 Å². The molecule has 4 aromatic rings. The number of aromatic nitrogens is 3. The van der Waals surface area contributed by atoms with Crippen LogP contribution in [0.4, 0.5) is 10.7 Å². The average molecular weight is 535 g/mol. The van der Waals surface area contributed by atoms with E-state index in [9.17, 15) is 4.79 Å². The zero-order chi connectivity index (χ0) is 26.3. The van der Waals surface area contributed by atoms with Crippen molar-refractivity contribution in [3.63, 3.8) is 0 Å². The summed E-state index contributed by atoms with van der Waals surface area (Å²) in [5.74, 6) is 0.762. The van der Waals surface area contributed by atoms with Crippen LogP contribution in [0, 0.1) is 0 Å². The highest BCUT2D eigenvalue weighted by Gasteiger charge is 2.27. The minimum Gasteiger partial charge on any atom is -0.444 e. The predicted molar refractivity (Wildman–Crippen MR) is 151 cm³/mol. The van der Waals surface area contributed by atoms with Crippen molar-refractivity contribution < 1.29 is 14.3 Å². The first-order valence-corrected chi connectivity index (χ1v) is 14.1. The lowest BCUT2D eigenvalue weighted by atomic mass is 10.1. The molecular weight excluding hydrogens is 500 g/mol. The zero-order valence-electron chi connectivity index (χ0n) is 22.2. The fraction of sp³-hybridized carbons (Fsp3) is 0.464. The highest BCUT2D eigenvalue weighted by atomic mass is 32.1. The third kappa shape index (κ3) is 5.08. The topological polar surface area (TPSA) is 86.8 Å². The molecule has 0 aliphatic carbocycles. The van der Waals surface area contributed by atoms with E-state index in [4.69, 9.17) is 19.4 Å². The monoisotopic (exact) mass is 534 g/mol. The lowest BCUT2D eigenvalue weighted by Gasteiger charge is -2.35. The number of amides is 1. The van der Waals surface area contributed by atoms with Gasteiger partial charge >= 0.3 is 6.09 Å². The molecule has 9 nitrogen and oxygen atoms in total. The molecule has 1 aromatic carbocycles. The van der Waals surface area contributed by atoms with Crippen molar-refractivity contribution in [2.24, 2.45) is 0 Å². The van der Waals surface area contributed by atoms with E-state index in [1.807, 2.05) is 31.9 Å². The first kappa shape index (κ1) is 25.1. The molecule has 6 rings (SSSR count). The minimum atomic E-state index is -0.482. The maximum Gasteiger partial charge on any atom is 0.410 e. The molecule has 38 heavy (non-hydrogen) atoms. The van der Waals surface area contributed by atoms with E-state index in [1.54, 1.807) is 11.3 Å². The van der Waals surface area contributed by atoms with Gasteiger partial charge in [-0.25, -0.2) is 14.8 Å². The molecule has 0 unspecified atom stereocenters. The quantitative estimate of drug-likeness (QED) is 0.405. The number of fused-ring (bicyclic) bond motifs is 2. The lowest BCUT2D eigenvalue weighted by molar-refractivity contribution is 0.0139. The third-order valence-corrected chi connectivity index (χ3v) is 8.06. The van der Waals surface area contributed by atoms with Crippen molar-refractivity contribution in [2.75, 3.05) is 57.4 Å². The van der Waals surface area contributed by atoms with Crippen molar-refractivity contribution in [2.45, 2.75) is 32.9 Å². The van der Waals surface area contributed by atoms with Crippen LogP contribution in [0.25, 0.3) is 32.4 Å². The summed E-state index contributed by atoms with van der Waals surface area (Å²) in [7, 11) is 0. The second-order valence-electron chi connectivity index (χ2n) is 10.9. The summed E-state index contributed by atoms with van der Waals surface area (Å²) in [5.41, 5.74) is 4.93. The summed E-state index contributed by atoms with van der Waals surface area (Å²) >= 11 is 1.71. The van der Waals surface area contributed by atoms with E-state index in [2.05, 4.69) is 44.4 Å². The Hall–Kier alpha value is -3.21. The molecular formula is C28H34N6O3S. The number of carbonyl (C=O) groups is 1. The van der Waals surface area contributed by atoms with Crippen LogP contribution in [0.1, 0.15) is 26.3 Å². The fourth-order valence-electron chi connectivity index (χ4n) is 5.10. The number of hydrogen-bond donors (Lipinski definition) is 1. The third-order valence-electron chi connectivity index (χ3n) is 7.04. The van der Waals surface area contributed by atoms with Crippen LogP contribution in [0.2, 0.25) is 0 Å². The Bertz CT molecular complexity index is 1440. The number of nitrogens with zero attached hydrogens (tertiary/aromatic N) is 5. The van der Waals surface area contributed by atoms with Crippen molar-refractivity contribution in [3.05, 3.63) is 41.4 Å². The summed E-state index contributed by atoms with van der Waals surface area (Å²) < 4.78 is 12.3. The van der Waals surface area contributed by atoms with Gasteiger partial charge in [-0.3, -0.25) is 4.90 Å². The van der Waals surface area contributed by atoms with Crippen LogP contribution in [-0.4, -0.2) is 88.9 Å². The minimum absolute atomic E-state index is 0.232. The second kappa shape index (κ2) is 10.2. The van der Waals surface area contributed by atoms with Crippen molar-refractivity contribution in [3.8, 4) is 11.3 Å². The Kier molecular flexibility index (Phi) is 6.71. The van der Waals surface area contributed by atoms with Gasteiger partial charge in [-0.05, 0) is 38.3 Å². The number of morpholine rings is 1. The zero-order valence-corrected chi connectivity index (χ0v) is 23.0. The number of carbonyl (C=O) groups excluding carboxylic acids is 1. The number of anilines is 1. The normalized spacial score (nSPS) is 17.4. The van der Waals surface area contributed by atoms with Crippen molar-refractivity contribution in [1.29, 1.82) is 0 Å². The molecule has 0 spiro atoms. The number of H-pyrrole nitrogens is 1. The Balaban J connectivity index is 1.30. The van der Waals surface area contributed by atoms with Gasteiger partial charge in [0.1, 0.15) is 5.60 Å². The first-order valence-electron chi connectivity index (χ1n) is 13.2. The number of rotatable bonds is 4. The van der Waals surface area contributed by atoms with Gasteiger partial charge in [-0.2, -0.15) is 0 Å². The van der Waals surface area contributed by atoms with E-state index in [1.165, 1.54) is 5.56 Å². The smallest absolute Gasteiger partial charge is 0.410 e. The maximum atomic E-state index is 12.5. The van der Waals surface area contributed by atoms with E-state index in [-0.39, 0.29) is 6.09 Å². The summed E-state index contributed by atoms with van der Waals surface area (Å²) in [6.07, 6.45) is 1.75. The molecule has 2 fully saturated rings. The largest absolute Gasteiger partial charge is 0.444 e. The van der Waals surface area contributed by atoms with Crippen LogP contribution >= 0.6 is 11.3 Å². The van der Waals surface area contributed by atoms with Gasteiger partial charge in [0.05, 0.1) is 29.1 Å². The predicted octanol–water partition coefficient (Wildman–Crippen LogP) is 4.73. The first-order chi connectivity index (χ1) is 18.4. The second-order valence-corrected chi connectivity index (χ2v) is 11.8.